The highest BCUT2D eigenvalue weighted by molar-refractivity contribution is 6.30. The lowest BCUT2D eigenvalue weighted by Crippen LogP contribution is -2.56. The van der Waals surface area contributed by atoms with E-state index in [-0.39, 0.29) is 11.0 Å². The maximum atomic E-state index is 6.02. The summed E-state index contributed by atoms with van der Waals surface area (Å²) < 4.78 is 5.47. The molecule has 5 nitrogen and oxygen atoms in total. The molecule has 1 aromatic rings. The van der Waals surface area contributed by atoms with Crippen LogP contribution >= 0.6 is 11.6 Å². The van der Waals surface area contributed by atoms with Gasteiger partial charge in [0.2, 0.25) is 0 Å². The van der Waals surface area contributed by atoms with Crippen LogP contribution in [0, 0.1) is 0 Å². The van der Waals surface area contributed by atoms with Gasteiger partial charge in [0.1, 0.15) is 0 Å². The molecule has 6 heteroatoms. The summed E-state index contributed by atoms with van der Waals surface area (Å²) in [6, 6.07) is 8.26. The summed E-state index contributed by atoms with van der Waals surface area (Å²) in [5.41, 5.74) is 1.65. The zero-order valence-electron chi connectivity index (χ0n) is 16.1. The first kappa shape index (κ1) is 19.5. The van der Waals surface area contributed by atoms with Crippen LogP contribution in [0.4, 0.5) is 0 Å². The summed E-state index contributed by atoms with van der Waals surface area (Å²) in [5, 5.41) is 7.82. The number of halogens is 1. The number of guanidine groups is 1. The highest BCUT2D eigenvalue weighted by Gasteiger charge is 2.44. The molecule has 0 unspecified atom stereocenters. The van der Waals surface area contributed by atoms with Gasteiger partial charge in [-0.3, -0.25) is 9.89 Å². The predicted octanol–water partition coefficient (Wildman–Crippen LogP) is 2.65. The van der Waals surface area contributed by atoms with E-state index in [1.165, 1.54) is 18.4 Å². The van der Waals surface area contributed by atoms with Crippen LogP contribution in [0.5, 0.6) is 0 Å². The zero-order valence-corrected chi connectivity index (χ0v) is 16.9. The van der Waals surface area contributed by atoms with E-state index in [9.17, 15) is 0 Å². The number of hydrogen-bond donors (Lipinski definition) is 2. The second kappa shape index (κ2) is 8.15. The van der Waals surface area contributed by atoms with E-state index in [1.54, 1.807) is 0 Å². The number of hydrogen-bond acceptors (Lipinski definition) is 3. The molecule has 0 radical (unpaired) electrons. The molecule has 26 heavy (non-hydrogen) atoms. The number of nitrogens with zero attached hydrogens (tertiary/aromatic N) is 2. The minimum absolute atomic E-state index is 0.0643. The Labute approximate surface area is 162 Å². The molecule has 1 heterocycles. The van der Waals surface area contributed by atoms with Crippen molar-refractivity contribution in [2.24, 2.45) is 4.99 Å². The van der Waals surface area contributed by atoms with Gasteiger partial charge in [0.25, 0.3) is 0 Å². The first-order valence-corrected chi connectivity index (χ1v) is 9.86. The molecule has 1 aromatic carbocycles. The molecule has 1 aliphatic heterocycles. The maximum absolute atomic E-state index is 6.02. The van der Waals surface area contributed by atoms with Crippen LogP contribution < -0.4 is 10.6 Å². The van der Waals surface area contributed by atoms with E-state index >= 15 is 0 Å². The van der Waals surface area contributed by atoms with Gasteiger partial charge in [0.15, 0.2) is 5.96 Å². The summed E-state index contributed by atoms with van der Waals surface area (Å²) in [6.45, 7) is 9.90. The molecule has 0 aromatic heterocycles. The second-order valence-corrected chi connectivity index (χ2v) is 8.41. The molecule has 1 aliphatic carbocycles. The Bertz CT molecular complexity index is 619. The molecular weight excluding hydrogens is 348 g/mol. The summed E-state index contributed by atoms with van der Waals surface area (Å²) >= 11 is 6.02. The molecule has 0 amide bonds. The van der Waals surface area contributed by atoms with Crippen molar-refractivity contribution in [3.8, 4) is 0 Å². The lowest BCUT2D eigenvalue weighted by Gasteiger charge is -2.41. The van der Waals surface area contributed by atoms with Crippen molar-refractivity contribution < 1.29 is 4.74 Å². The fourth-order valence-electron chi connectivity index (χ4n) is 3.58. The standard InChI is InChI=1S/C20H31ClN4O/c1-19(2,25-10-12-26-13-11-25)14-23-18(22-3)24-15-20(8-9-20)16-4-6-17(21)7-5-16/h4-7H,8-15H2,1-3H3,(H2,22,23,24). The quantitative estimate of drug-likeness (QED) is 0.590. The van der Waals surface area contributed by atoms with Crippen LogP contribution in [0.3, 0.4) is 0 Å². The number of nitrogens with one attached hydrogen (secondary N) is 2. The Balaban J connectivity index is 1.51. The van der Waals surface area contributed by atoms with Crippen LogP contribution in [0.25, 0.3) is 0 Å². The fourth-order valence-corrected chi connectivity index (χ4v) is 3.70. The first-order valence-electron chi connectivity index (χ1n) is 9.49. The SMILES string of the molecule is CN=C(NCC1(c2ccc(Cl)cc2)CC1)NCC(C)(C)N1CCOCC1. The normalized spacial score (nSPS) is 20.7. The Morgan fingerprint density at radius 3 is 2.42 bits per heavy atom. The van der Waals surface area contributed by atoms with Crippen molar-refractivity contribution in [3.63, 3.8) is 0 Å². The van der Waals surface area contributed by atoms with Crippen LogP contribution in [0.15, 0.2) is 29.3 Å². The molecule has 2 fully saturated rings. The predicted molar refractivity (Wildman–Crippen MR) is 108 cm³/mol. The number of benzene rings is 1. The summed E-state index contributed by atoms with van der Waals surface area (Å²) in [5.74, 6) is 0.867. The average Bonchev–Trinajstić information content (AvgIpc) is 3.44. The van der Waals surface area contributed by atoms with Crippen molar-refractivity contribution in [1.82, 2.24) is 15.5 Å². The van der Waals surface area contributed by atoms with Crippen molar-refractivity contribution >= 4 is 17.6 Å². The van der Waals surface area contributed by atoms with E-state index in [4.69, 9.17) is 16.3 Å². The van der Waals surface area contributed by atoms with Crippen LogP contribution in [-0.2, 0) is 10.2 Å². The van der Waals surface area contributed by atoms with Crippen molar-refractivity contribution in [2.75, 3.05) is 46.4 Å². The topological polar surface area (TPSA) is 48.9 Å². The van der Waals surface area contributed by atoms with E-state index in [2.05, 4.69) is 46.5 Å². The third kappa shape index (κ3) is 4.70. The van der Waals surface area contributed by atoms with Gasteiger partial charge in [-0.15, -0.1) is 0 Å². The van der Waals surface area contributed by atoms with E-state index in [0.29, 0.717) is 0 Å². The fraction of sp³-hybridized carbons (Fsp3) is 0.650. The van der Waals surface area contributed by atoms with Gasteiger partial charge in [0.05, 0.1) is 13.2 Å². The van der Waals surface area contributed by atoms with Gasteiger partial charge in [-0.25, -0.2) is 0 Å². The molecule has 1 saturated carbocycles. The molecule has 3 rings (SSSR count). The maximum Gasteiger partial charge on any atom is 0.191 e. The second-order valence-electron chi connectivity index (χ2n) is 7.98. The molecule has 0 bridgehead atoms. The third-order valence-electron chi connectivity index (χ3n) is 5.68. The smallest absolute Gasteiger partial charge is 0.191 e. The van der Waals surface area contributed by atoms with Gasteiger partial charge >= 0.3 is 0 Å². The van der Waals surface area contributed by atoms with Gasteiger partial charge in [-0.1, -0.05) is 23.7 Å². The molecular formula is C20H31ClN4O. The van der Waals surface area contributed by atoms with Crippen molar-refractivity contribution in [1.29, 1.82) is 0 Å². The molecule has 1 saturated heterocycles. The minimum atomic E-state index is 0.0643. The monoisotopic (exact) mass is 378 g/mol. The first-order chi connectivity index (χ1) is 12.5. The molecule has 0 atom stereocenters. The van der Waals surface area contributed by atoms with Crippen molar-refractivity contribution in [2.45, 2.75) is 37.6 Å². The van der Waals surface area contributed by atoms with Crippen LogP contribution in [0.2, 0.25) is 5.02 Å². The lowest BCUT2D eigenvalue weighted by atomic mass is 9.96. The van der Waals surface area contributed by atoms with E-state index in [0.717, 1.165) is 50.4 Å². The Morgan fingerprint density at radius 1 is 1.19 bits per heavy atom. The number of aliphatic imine (C=N–C) groups is 1. The average molecular weight is 379 g/mol. The molecule has 2 aliphatic rings. The largest absolute Gasteiger partial charge is 0.379 e. The highest BCUT2D eigenvalue weighted by atomic mass is 35.5. The van der Waals surface area contributed by atoms with Gasteiger partial charge in [-0.05, 0) is 44.4 Å². The molecule has 144 valence electrons. The van der Waals surface area contributed by atoms with Gasteiger partial charge in [0, 0.05) is 49.2 Å². The zero-order chi connectivity index (χ0) is 18.6. The summed E-state index contributed by atoms with van der Waals surface area (Å²) in [7, 11) is 1.83. The number of rotatable bonds is 6. The van der Waals surface area contributed by atoms with Crippen LogP contribution in [-0.4, -0.2) is 62.8 Å². The Morgan fingerprint density at radius 2 is 1.85 bits per heavy atom. The number of ether oxygens (including phenoxy) is 1. The summed E-state index contributed by atoms with van der Waals surface area (Å²) in [4.78, 5) is 6.88. The van der Waals surface area contributed by atoms with E-state index < -0.39 is 0 Å². The van der Waals surface area contributed by atoms with Gasteiger partial charge < -0.3 is 15.4 Å². The van der Waals surface area contributed by atoms with Crippen molar-refractivity contribution in [3.05, 3.63) is 34.9 Å². The minimum Gasteiger partial charge on any atom is -0.379 e. The number of morpholine rings is 1. The van der Waals surface area contributed by atoms with Crippen LogP contribution in [0.1, 0.15) is 32.3 Å². The molecule has 2 N–H and O–H groups in total. The Kier molecular flexibility index (Phi) is 6.10. The lowest BCUT2D eigenvalue weighted by molar-refractivity contribution is -0.00834. The van der Waals surface area contributed by atoms with E-state index in [1.807, 2.05) is 19.2 Å². The third-order valence-corrected chi connectivity index (χ3v) is 5.94. The molecule has 0 spiro atoms. The Hall–Kier alpha value is -1.30. The summed E-state index contributed by atoms with van der Waals surface area (Å²) in [6.07, 6.45) is 2.41. The highest BCUT2D eigenvalue weighted by Crippen LogP contribution is 2.47. The van der Waals surface area contributed by atoms with Gasteiger partial charge in [-0.2, -0.15) is 0 Å².